The molecule has 0 fully saturated rings. The first-order chi connectivity index (χ1) is 7.72. The standard InChI is InChI=1S/C12H12N2O2/c1-3-16-12(15)10-6-9-4-5-13-7-11(9)14-8(10)2/h4-7H,3H2,1-2H3. The molecule has 82 valence electrons. The summed E-state index contributed by atoms with van der Waals surface area (Å²) < 4.78 is 4.96. The average Bonchev–Trinajstić information content (AvgIpc) is 2.28. The summed E-state index contributed by atoms with van der Waals surface area (Å²) in [6.45, 7) is 3.94. The lowest BCUT2D eigenvalue weighted by molar-refractivity contribution is 0.0525. The highest BCUT2D eigenvalue weighted by molar-refractivity contribution is 5.94. The lowest BCUT2D eigenvalue weighted by Gasteiger charge is -2.06. The third-order valence-corrected chi connectivity index (χ3v) is 2.31. The first-order valence-corrected chi connectivity index (χ1v) is 5.11. The molecule has 0 aliphatic rings. The van der Waals surface area contributed by atoms with Crippen molar-refractivity contribution in [2.45, 2.75) is 13.8 Å². The third-order valence-electron chi connectivity index (χ3n) is 2.31. The minimum Gasteiger partial charge on any atom is -0.462 e. The van der Waals surface area contributed by atoms with Crippen molar-refractivity contribution in [3.63, 3.8) is 0 Å². The molecular weight excluding hydrogens is 204 g/mol. The van der Waals surface area contributed by atoms with Gasteiger partial charge in [0.1, 0.15) is 0 Å². The Morgan fingerprint density at radius 3 is 3.06 bits per heavy atom. The second-order valence-electron chi connectivity index (χ2n) is 3.41. The SMILES string of the molecule is CCOC(=O)c1cc2ccncc2nc1C. The predicted octanol–water partition coefficient (Wildman–Crippen LogP) is 2.11. The molecule has 0 aromatic carbocycles. The highest BCUT2D eigenvalue weighted by Gasteiger charge is 2.12. The van der Waals surface area contributed by atoms with Crippen molar-refractivity contribution in [1.82, 2.24) is 9.97 Å². The molecular formula is C12H12N2O2. The Hall–Kier alpha value is -1.97. The number of carbonyl (C=O) groups is 1. The van der Waals surface area contributed by atoms with Crippen LogP contribution in [-0.2, 0) is 4.74 Å². The zero-order valence-electron chi connectivity index (χ0n) is 9.23. The van der Waals surface area contributed by atoms with Crippen molar-refractivity contribution in [2.75, 3.05) is 6.61 Å². The monoisotopic (exact) mass is 216 g/mol. The van der Waals surface area contributed by atoms with Gasteiger partial charge in [0.15, 0.2) is 0 Å². The summed E-state index contributed by atoms with van der Waals surface area (Å²) in [7, 11) is 0. The number of fused-ring (bicyclic) bond motifs is 1. The Morgan fingerprint density at radius 1 is 1.50 bits per heavy atom. The average molecular weight is 216 g/mol. The molecule has 0 spiro atoms. The molecule has 0 N–H and O–H groups in total. The molecule has 0 aliphatic heterocycles. The van der Waals surface area contributed by atoms with Gasteiger partial charge in [0.05, 0.1) is 29.6 Å². The maximum absolute atomic E-state index is 11.6. The molecule has 4 heteroatoms. The highest BCUT2D eigenvalue weighted by atomic mass is 16.5. The number of carbonyl (C=O) groups excluding carboxylic acids is 1. The fraction of sp³-hybridized carbons (Fsp3) is 0.250. The smallest absolute Gasteiger partial charge is 0.339 e. The summed E-state index contributed by atoms with van der Waals surface area (Å²) in [6, 6.07) is 3.61. The topological polar surface area (TPSA) is 52.1 Å². The molecule has 4 nitrogen and oxygen atoms in total. The van der Waals surface area contributed by atoms with Crippen molar-refractivity contribution < 1.29 is 9.53 Å². The Bertz CT molecular complexity index is 538. The normalized spacial score (nSPS) is 10.4. The van der Waals surface area contributed by atoms with E-state index in [0.717, 1.165) is 10.9 Å². The fourth-order valence-electron chi connectivity index (χ4n) is 1.53. The van der Waals surface area contributed by atoms with Gasteiger partial charge < -0.3 is 4.74 Å². The van der Waals surface area contributed by atoms with Gasteiger partial charge in [-0.3, -0.25) is 9.97 Å². The van der Waals surface area contributed by atoms with Crippen LogP contribution >= 0.6 is 0 Å². The van der Waals surface area contributed by atoms with Crippen molar-refractivity contribution in [2.24, 2.45) is 0 Å². The second-order valence-corrected chi connectivity index (χ2v) is 3.41. The van der Waals surface area contributed by atoms with Gasteiger partial charge in [0, 0.05) is 11.6 Å². The number of esters is 1. The van der Waals surface area contributed by atoms with Crippen molar-refractivity contribution in [3.05, 3.63) is 35.8 Å². The maximum atomic E-state index is 11.6. The Balaban J connectivity index is 2.54. The van der Waals surface area contributed by atoms with E-state index in [9.17, 15) is 4.79 Å². The zero-order valence-corrected chi connectivity index (χ0v) is 9.23. The summed E-state index contributed by atoms with van der Waals surface area (Å²) in [4.78, 5) is 19.9. The van der Waals surface area contributed by atoms with Gasteiger partial charge in [-0.1, -0.05) is 0 Å². The molecule has 0 aliphatic carbocycles. The van der Waals surface area contributed by atoms with Crippen LogP contribution < -0.4 is 0 Å². The number of hydrogen-bond donors (Lipinski definition) is 0. The van der Waals surface area contributed by atoms with Gasteiger partial charge in [-0.2, -0.15) is 0 Å². The maximum Gasteiger partial charge on any atom is 0.339 e. The van der Waals surface area contributed by atoms with E-state index < -0.39 is 0 Å². The highest BCUT2D eigenvalue weighted by Crippen LogP contribution is 2.16. The van der Waals surface area contributed by atoms with E-state index in [4.69, 9.17) is 4.74 Å². The van der Waals surface area contributed by atoms with Crippen molar-refractivity contribution >= 4 is 16.9 Å². The Kier molecular flexibility index (Phi) is 2.81. The Labute approximate surface area is 93.3 Å². The number of aromatic nitrogens is 2. The quantitative estimate of drug-likeness (QED) is 0.721. The Morgan fingerprint density at radius 2 is 2.31 bits per heavy atom. The molecule has 0 saturated carbocycles. The number of hydrogen-bond acceptors (Lipinski definition) is 4. The molecule has 16 heavy (non-hydrogen) atoms. The van der Waals surface area contributed by atoms with Gasteiger partial charge in [-0.15, -0.1) is 0 Å². The predicted molar refractivity (Wildman–Crippen MR) is 60.2 cm³/mol. The van der Waals surface area contributed by atoms with Crippen LogP contribution in [0, 0.1) is 6.92 Å². The summed E-state index contributed by atoms with van der Waals surface area (Å²) in [5.41, 5.74) is 1.97. The number of aryl methyl sites for hydroxylation is 1. The lowest BCUT2D eigenvalue weighted by atomic mass is 10.1. The number of pyridine rings is 2. The first-order valence-electron chi connectivity index (χ1n) is 5.11. The van der Waals surface area contributed by atoms with Crippen LogP contribution in [0.15, 0.2) is 24.5 Å². The minimum atomic E-state index is -0.328. The van der Waals surface area contributed by atoms with E-state index in [2.05, 4.69) is 9.97 Å². The van der Waals surface area contributed by atoms with E-state index in [-0.39, 0.29) is 5.97 Å². The van der Waals surface area contributed by atoms with E-state index in [1.165, 1.54) is 0 Å². The van der Waals surface area contributed by atoms with E-state index in [1.54, 1.807) is 32.3 Å². The molecule has 0 radical (unpaired) electrons. The molecule has 0 unspecified atom stereocenters. The molecule has 2 aromatic rings. The zero-order chi connectivity index (χ0) is 11.5. The summed E-state index contributed by atoms with van der Waals surface area (Å²) in [5, 5.41) is 0.892. The lowest BCUT2D eigenvalue weighted by Crippen LogP contribution is -2.07. The van der Waals surface area contributed by atoms with Crippen molar-refractivity contribution in [3.8, 4) is 0 Å². The second kappa shape index (κ2) is 4.26. The number of ether oxygens (including phenoxy) is 1. The van der Waals surface area contributed by atoms with E-state index in [0.29, 0.717) is 17.9 Å². The molecule has 2 aromatic heterocycles. The van der Waals surface area contributed by atoms with Crippen LogP contribution in [0.4, 0.5) is 0 Å². The van der Waals surface area contributed by atoms with Crippen LogP contribution in [0.25, 0.3) is 10.9 Å². The van der Waals surface area contributed by atoms with Crippen LogP contribution in [0.2, 0.25) is 0 Å². The number of rotatable bonds is 2. The molecule has 0 atom stereocenters. The fourth-order valence-corrected chi connectivity index (χ4v) is 1.53. The number of nitrogens with zero attached hydrogens (tertiary/aromatic N) is 2. The largest absolute Gasteiger partial charge is 0.462 e. The van der Waals surface area contributed by atoms with Crippen LogP contribution in [0.5, 0.6) is 0 Å². The summed E-state index contributed by atoms with van der Waals surface area (Å²) in [6.07, 6.45) is 3.35. The molecule has 2 rings (SSSR count). The summed E-state index contributed by atoms with van der Waals surface area (Å²) >= 11 is 0. The minimum absolute atomic E-state index is 0.328. The van der Waals surface area contributed by atoms with Crippen LogP contribution in [0.1, 0.15) is 23.0 Å². The molecule has 0 amide bonds. The van der Waals surface area contributed by atoms with E-state index in [1.807, 2.05) is 6.07 Å². The van der Waals surface area contributed by atoms with Crippen LogP contribution in [-0.4, -0.2) is 22.5 Å². The van der Waals surface area contributed by atoms with Gasteiger partial charge in [0.25, 0.3) is 0 Å². The molecule has 0 saturated heterocycles. The van der Waals surface area contributed by atoms with Crippen molar-refractivity contribution in [1.29, 1.82) is 0 Å². The van der Waals surface area contributed by atoms with E-state index >= 15 is 0 Å². The van der Waals surface area contributed by atoms with Gasteiger partial charge in [-0.25, -0.2) is 4.79 Å². The van der Waals surface area contributed by atoms with Gasteiger partial charge in [0.2, 0.25) is 0 Å². The third kappa shape index (κ3) is 1.86. The van der Waals surface area contributed by atoms with Gasteiger partial charge >= 0.3 is 5.97 Å². The molecule has 0 bridgehead atoms. The molecule has 2 heterocycles. The summed E-state index contributed by atoms with van der Waals surface area (Å²) in [5.74, 6) is -0.328. The first kappa shape index (κ1) is 10.5. The van der Waals surface area contributed by atoms with Crippen LogP contribution in [0.3, 0.4) is 0 Å². The van der Waals surface area contributed by atoms with Gasteiger partial charge in [-0.05, 0) is 26.0 Å².